The lowest BCUT2D eigenvalue weighted by atomic mass is 10.1. The first-order valence-electron chi connectivity index (χ1n) is 6.69. The highest BCUT2D eigenvalue weighted by Gasteiger charge is 2.06. The molecule has 0 aromatic heterocycles. The van der Waals surface area contributed by atoms with Crippen molar-refractivity contribution < 1.29 is 4.74 Å². The van der Waals surface area contributed by atoms with Gasteiger partial charge >= 0.3 is 0 Å². The number of thioether (sulfide) groups is 1. The Balaban J connectivity index is 2.40. The smallest absolute Gasteiger partial charge is 0.119 e. The Morgan fingerprint density at radius 2 is 1.83 bits per heavy atom. The summed E-state index contributed by atoms with van der Waals surface area (Å²) < 4.78 is 5.56. The van der Waals surface area contributed by atoms with Gasteiger partial charge in [0.1, 0.15) is 5.75 Å². The molecule has 1 atom stereocenters. The fraction of sp³-hybridized carbons (Fsp3) is 0.600. The van der Waals surface area contributed by atoms with E-state index in [1.807, 2.05) is 23.9 Å². The Morgan fingerprint density at radius 3 is 2.39 bits per heavy atom. The maximum atomic E-state index is 6.17. The third kappa shape index (κ3) is 5.78. The predicted octanol–water partition coefficient (Wildman–Crippen LogP) is 3.86. The van der Waals surface area contributed by atoms with E-state index < -0.39 is 0 Å². The van der Waals surface area contributed by atoms with Gasteiger partial charge in [0.05, 0.1) is 6.61 Å². The maximum Gasteiger partial charge on any atom is 0.119 e. The molecule has 18 heavy (non-hydrogen) atoms. The molecule has 0 bridgehead atoms. The Bertz CT molecular complexity index is 324. The van der Waals surface area contributed by atoms with Gasteiger partial charge < -0.3 is 10.5 Å². The summed E-state index contributed by atoms with van der Waals surface area (Å²) in [4.78, 5) is 0. The van der Waals surface area contributed by atoms with Crippen molar-refractivity contribution in [2.24, 2.45) is 11.7 Å². The fourth-order valence-corrected chi connectivity index (χ4v) is 2.61. The molecule has 2 nitrogen and oxygen atoms in total. The van der Waals surface area contributed by atoms with E-state index in [0.29, 0.717) is 0 Å². The van der Waals surface area contributed by atoms with Crippen molar-refractivity contribution >= 4 is 11.8 Å². The van der Waals surface area contributed by atoms with Crippen molar-refractivity contribution in [3.8, 4) is 5.75 Å². The molecule has 102 valence electrons. The van der Waals surface area contributed by atoms with E-state index in [-0.39, 0.29) is 6.04 Å². The second kappa shape index (κ2) is 8.44. The molecule has 0 aliphatic rings. The van der Waals surface area contributed by atoms with Gasteiger partial charge in [0.25, 0.3) is 0 Å². The molecule has 0 saturated carbocycles. The van der Waals surface area contributed by atoms with Gasteiger partial charge in [-0.3, -0.25) is 0 Å². The highest BCUT2D eigenvalue weighted by molar-refractivity contribution is 7.99. The summed E-state index contributed by atoms with van der Waals surface area (Å²) in [6, 6.07) is 8.29. The average molecular weight is 267 g/mol. The second-order valence-corrected chi connectivity index (χ2v) is 6.03. The van der Waals surface area contributed by atoms with Crippen LogP contribution in [0.5, 0.6) is 5.75 Å². The van der Waals surface area contributed by atoms with Crippen LogP contribution >= 0.6 is 11.8 Å². The largest absolute Gasteiger partial charge is 0.494 e. The molecule has 2 N–H and O–H groups in total. The first-order chi connectivity index (χ1) is 8.63. The number of hydrogen-bond acceptors (Lipinski definition) is 3. The predicted molar refractivity (Wildman–Crippen MR) is 81.3 cm³/mol. The highest BCUT2D eigenvalue weighted by atomic mass is 32.2. The number of nitrogens with two attached hydrogens (primary N) is 1. The van der Waals surface area contributed by atoms with Crippen molar-refractivity contribution in [2.45, 2.75) is 33.2 Å². The van der Waals surface area contributed by atoms with Crippen LogP contribution in [0.1, 0.15) is 38.8 Å². The van der Waals surface area contributed by atoms with Crippen LogP contribution in [-0.4, -0.2) is 18.1 Å². The molecule has 0 fully saturated rings. The zero-order chi connectivity index (χ0) is 13.4. The van der Waals surface area contributed by atoms with E-state index in [1.165, 1.54) is 11.3 Å². The van der Waals surface area contributed by atoms with Crippen LogP contribution in [0.2, 0.25) is 0 Å². The normalized spacial score (nSPS) is 12.7. The van der Waals surface area contributed by atoms with Gasteiger partial charge in [-0.05, 0) is 35.8 Å². The van der Waals surface area contributed by atoms with E-state index in [4.69, 9.17) is 10.5 Å². The third-order valence-corrected chi connectivity index (χ3v) is 4.03. The van der Waals surface area contributed by atoms with E-state index in [2.05, 4.69) is 32.9 Å². The van der Waals surface area contributed by atoms with Gasteiger partial charge in [-0.25, -0.2) is 0 Å². The quantitative estimate of drug-likeness (QED) is 0.776. The van der Waals surface area contributed by atoms with Gasteiger partial charge in [-0.15, -0.1) is 0 Å². The van der Waals surface area contributed by atoms with Crippen LogP contribution in [-0.2, 0) is 0 Å². The lowest BCUT2D eigenvalue weighted by Gasteiger charge is -2.13. The van der Waals surface area contributed by atoms with Crippen LogP contribution in [0, 0.1) is 5.92 Å². The number of ether oxygens (including phenoxy) is 1. The average Bonchev–Trinajstić information content (AvgIpc) is 2.36. The molecule has 1 aromatic rings. The molecule has 3 heteroatoms. The van der Waals surface area contributed by atoms with Crippen molar-refractivity contribution in [3.63, 3.8) is 0 Å². The van der Waals surface area contributed by atoms with Crippen LogP contribution in [0.25, 0.3) is 0 Å². The summed E-state index contributed by atoms with van der Waals surface area (Å²) in [5.74, 6) is 3.81. The lowest BCUT2D eigenvalue weighted by molar-refractivity contribution is 0.317. The molecule has 0 saturated heterocycles. The first kappa shape index (κ1) is 15.4. The van der Waals surface area contributed by atoms with Gasteiger partial charge in [0, 0.05) is 11.8 Å². The maximum absolute atomic E-state index is 6.17. The summed E-state index contributed by atoms with van der Waals surface area (Å²) >= 11 is 1.93. The second-order valence-electron chi connectivity index (χ2n) is 4.96. The van der Waals surface area contributed by atoms with Gasteiger partial charge in [-0.1, -0.05) is 32.9 Å². The van der Waals surface area contributed by atoms with Gasteiger partial charge in [-0.2, -0.15) is 11.8 Å². The highest BCUT2D eigenvalue weighted by Crippen LogP contribution is 2.20. The zero-order valence-electron chi connectivity index (χ0n) is 11.7. The lowest BCUT2D eigenvalue weighted by Crippen LogP contribution is -2.13. The molecule has 1 unspecified atom stereocenters. The first-order valence-corrected chi connectivity index (χ1v) is 7.85. The van der Waals surface area contributed by atoms with Crippen LogP contribution in [0.4, 0.5) is 0 Å². The molecular formula is C15H25NOS. The van der Waals surface area contributed by atoms with Crippen molar-refractivity contribution in [1.82, 2.24) is 0 Å². The Morgan fingerprint density at radius 1 is 1.17 bits per heavy atom. The van der Waals surface area contributed by atoms with Crippen molar-refractivity contribution in [3.05, 3.63) is 29.8 Å². The van der Waals surface area contributed by atoms with Gasteiger partial charge in [0.2, 0.25) is 0 Å². The molecular weight excluding hydrogens is 242 g/mol. The third-order valence-electron chi connectivity index (χ3n) is 2.53. The van der Waals surface area contributed by atoms with Gasteiger partial charge in [0.15, 0.2) is 0 Å². The minimum Gasteiger partial charge on any atom is -0.494 e. The fourth-order valence-electron chi connectivity index (χ4n) is 1.56. The van der Waals surface area contributed by atoms with E-state index in [9.17, 15) is 0 Å². The SMILES string of the molecule is CCCOc1ccc(C(N)CSCC(C)C)cc1. The van der Waals surface area contributed by atoms with E-state index >= 15 is 0 Å². The minimum atomic E-state index is 0.119. The zero-order valence-corrected chi connectivity index (χ0v) is 12.5. The van der Waals surface area contributed by atoms with E-state index in [1.54, 1.807) is 0 Å². The summed E-state index contributed by atoms with van der Waals surface area (Å²) in [6.45, 7) is 7.35. The molecule has 0 heterocycles. The molecule has 1 aromatic carbocycles. The van der Waals surface area contributed by atoms with Crippen LogP contribution < -0.4 is 10.5 Å². The molecule has 1 rings (SSSR count). The van der Waals surface area contributed by atoms with E-state index in [0.717, 1.165) is 30.4 Å². The summed E-state index contributed by atoms with van der Waals surface area (Å²) in [5.41, 5.74) is 7.36. The Kier molecular flexibility index (Phi) is 7.21. The summed E-state index contributed by atoms with van der Waals surface area (Å²) in [5, 5.41) is 0. The Hall–Kier alpha value is -0.670. The molecule has 0 spiro atoms. The van der Waals surface area contributed by atoms with Crippen LogP contribution in [0.3, 0.4) is 0 Å². The summed E-state index contributed by atoms with van der Waals surface area (Å²) in [7, 11) is 0. The Labute approximate surface area is 115 Å². The van der Waals surface area contributed by atoms with Crippen LogP contribution in [0.15, 0.2) is 24.3 Å². The number of rotatable bonds is 8. The van der Waals surface area contributed by atoms with Crippen molar-refractivity contribution in [2.75, 3.05) is 18.1 Å². The molecule has 0 amide bonds. The monoisotopic (exact) mass is 267 g/mol. The topological polar surface area (TPSA) is 35.2 Å². The molecule has 0 radical (unpaired) electrons. The van der Waals surface area contributed by atoms with Crippen molar-refractivity contribution in [1.29, 1.82) is 0 Å². The minimum absolute atomic E-state index is 0.119. The molecule has 0 aliphatic heterocycles. The number of benzene rings is 1. The summed E-state index contributed by atoms with van der Waals surface area (Å²) in [6.07, 6.45) is 1.03. The molecule has 0 aliphatic carbocycles. The number of hydrogen-bond donors (Lipinski definition) is 1. The standard InChI is InChI=1S/C15H25NOS/c1-4-9-17-14-7-5-13(6-8-14)15(16)11-18-10-12(2)3/h5-8,12,15H,4,9-11,16H2,1-3H3.